The first-order valence-electron chi connectivity index (χ1n) is 5.76. The average molecular weight is 281 g/mol. The van der Waals surface area contributed by atoms with Crippen molar-refractivity contribution in [3.8, 4) is 0 Å². The first-order valence-corrected chi connectivity index (χ1v) is 5.76. The number of hydrogen-bond acceptors (Lipinski definition) is 6. The zero-order chi connectivity index (χ0) is 15.1. The second-order valence-corrected chi connectivity index (χ2v) is 3.96. The van der Waals surface area contributed by atoms with E-state index in [0.717, 1.165) is 0 Å². The van der Waals surface area contributed by atoms with Gasteiger partial charge in [-0.1, -0.05) is 0 Å². The van der Waals surface area contributed by atoms with Crippen LogP contribution < -0.4 is 11.1 Å². The van der Waals surface area contributed by atoms with E-state index in [-0.39, 0.29) is 18.5 Å². The molecule has 108 valence electrons. The Labute approximate surface area is 114 Å². The molecule has 0 aromatic carbocycles. The number of ether oxygens (including phenoxy) is 1. The van der Waals surface area contributed by atoms with Crippen LogP contribution in [0.1, 0.15) is 23.3 Å². The molecule has 8 nitrogen and oxygen atoms in total. The Morgan fingerprint density at radius 2 is 2.15 bits per heavy atom. The maximum Gasteiger partial charge on any atom is 0.326 e. The van der Waals surface area contributed by atoms with E-state index in [4.69, 9.17) is 10.8 Å². The van der Waals surface area contributed by atoms with Crippen molar-refractivity contribution in [1.82, 2.24) is 10.3 Å². The van der Waals surface area contributed by atoms with Gasteiger partial charge in [-0.15, -0.1) is 0 Å². The lowest BCUT2D eigenvalue weighted by Gasteiger charge is -2.13. The molecule has 0 fully saturated rings. The number of carboxylic acids is 1. The van der Waals surface area contributed by atoms with E-state index in [0.29, 0.717) is 5.69 Å². The number of carboxylic acid groups (broad SMARTS) is 1. The maximum atomic E-state index is 11.8. The first-order chi connectivity index (χ1) is 9.43. The fraction of sp³-hybridized carbons (Fsp3) is 0.333. The zero-order valence-corrected chi connectivity index (χ0v) is 10.8. The van der Waals surface area contributed by atoms with E-state index in [1.54, 1.807) is 0 Å². The molecule has 0 saturated carbocycles. The number of rotatable bonds is 6. The lowest BCUT2D eigenvalue weighted by molar-refractivity contribution is -0.142. The highest BCUT2D eigenvalue weighted by molar-refractivity contribution is 5.95. The molecule has 1 atom stereocenters. The molecule has 1 aromatic heterocycles. The minimum absolute atomic E-state index is 0.0449. The summed E-state index contributed by atoms with van der Waals surface area (Å²) in [7, 11) is 1.20. The molecule has 20 heavy (non-hydrogen) atoms. The van der Waals surface area contributed by atoms with E-state index in [1.165, 1.54) is 25.4 Å². The summed E-state index contributed by atoms with van der Waals surface area (Å²) >= 11 is 0. The number of amides is 1. The predicted molar refractivity (Wildman–Crippen MR) is 68.8 cm³/mol. The summed E-state index contributed by atoms with van der Waals surface area (Å²) in [4.78, 5) is 37.6. The smallest absolute Gasteiger partial charge is 0.326 e. The van der Waals surface area contributed by atoms with Crippen LogP contribution in [0.25, 0.3) is 0 Å². The van der Waals surface area contributed by atoms with E-state index in [1.807, 2.05) is 0 Å². The minimum Gasteiger partial charge on any atom is -0.480 e. The van der Waals surface area contributed by atoms with Crippen LogP contribution in [0.15, 0.2) is 18.3 Å². The number of hydrogen-bond donors (Lipinski definition) is 3. The number of nitrogens with one attached hydrogen (secondary N) is 1. The molecule has 0 bridgehead atoms. The number of nitrogens with zero attached hydrogens (tertiary/aromatic N) is 1. The SMILES string of the molecule is COC(=O)CC[C@H](NC(=O)c1ccc(N)cn1)C(=O)O. The first kappa shape index (κ1) is 15.4. The highest BCUT2D eigenvalue weighted by Crippen LogP contribution is 2.04. The summed E-state index contributed by atoms with van der Waals surface area (Å²) in [5, 5.41) is 11.3. The van der Waals surface area contributed by atoms with Gasteiger partial charge in [-0.3, -0.25) is 9.59 Å². The van der Waals surface area contributed by atoms with Crippen LogP contribution in [0.3, 0.4) is 0 Å². The Bertz CT molecular complexity index is 500. The van der Waals surface area contributed by atoms with E-state index < -0.39 is 23.9 Å². The number of esters is 1. The van der Waals surface area contributed by atoms with Gasteiger partial charge in [-0.05, 0) is 18.6 Å². The highest BCUT2D eigenvalue weighted by Gasteiger charge is 2.22. The summed E-state index contributed by atoms with van der Waals surface area (Å²) in [5.74, 6) is -2.43. The number of pyridine rings is 1. The molecule has 1 heterocycles. The molecule has 0 aliphatic heterocycles. The molecule has 1 aromatic rings. The molecule has 4 N–H and O–H groups in total. The molecule has 0 spiro atoms. The predicted octanol–water partition coefficient (Wildman–Crippen LogP) is -0.200. The Kier molecular flexibility index (Phi) is 5.45. The fourth-order valence-electron chi connectivity index (χ4n) is 1.39. The summed E-state index contributed by atoms with van der Waals surface area (Å²) in [5.41, 5.74) is 5.87. The van der Waals surface area contributed by atoms with Gasteiger partial charge < -0.3 is 20.9 Å². The lowest BCUT2D eigenvalue weighted by atomic mass is 10.1. The third-order valence-corrected chi connectivity index (χ3v) is 2.49. The number of carbonyl (C=O) groups excluding carboxylic acids is 2. The van der Waals surface area contributed by atoms with E-state index in [9.17, 15) is 14.4 Å². The standard InChI is InChI=1S/C12H15N3O5/c1-20-10(16)5-4-9(12(18)19)15-11(17)8-3-2-7(13)6-14-8/h2-3,6,9H,4-5,13H2,1H3,(H,15,17)(H,18,19)/t9-/m0/s1. The van der Waals surface area contributed by atoms with Gasteiger partial charge in [0.15, 0.2) is 0 Å². The maximum absolute atomic E-state index is 11.8. The molecule has 1 amide bonds. The van der Waals surface area contributed by atoms with E-state index >= 15 is 0 Å². The monoisotopic (exact) mass is 281 g/mol. The van der Waals surface area contributed by atoms with Gasteiger partial charge >= 0.3 is 11.9 Å². The Morgan fingerprint density at radius 3 is 2.65 bits per heavy atom. The number of carbonyl (C=O) groups is 3. The molecule has 0 saturated heterocycles. The molecule has 0 aliphatic rings. The number of aromatic nitrogens is 1. The number of nitrogens with two attached hydrogens (primary N) is 1. The van der Waals surface area contributed by atoms with Crippen LogP contribution >= 0.6 is 0 Å². The minimum atomic E-state index is -1.24. The quantitative estimate of drug-likeness (QED) is 0.615. The molecule has 0 radical (unpaired) electrons. The lowest BCUT2D eigenvalue weighted by Crippen LogP contribution is -2.41. The van der Waals surface area contributed by atoms with Crippen molar-refractivity contribution < 1.29 is 24.2 Å². The number of anilines is 1. The zero-order valence-electron chi connectivity index (χ0n) is 10.8. The second-order valence-electron chi connectivity index (χ2n) is 3.96. The summed E-state index contributed by atoms with van der Waals surface area (Å²) in [6.45, 7) is 0. The Hall–Kier alpha value is -2.64. The Morgan fingerprint density at radius 1 is 1.45 bits per heavy atom. The van der Waals surface area contributed by atoms with Gasteiger partial charge in [0, 0.05) is 6.42 Å². The van der Waals surface area contributed by atoms with Gasteiger partial charge in [0.1, 0.15) is 11.7 Å². The van der Waals surface area contributed by atoms with Crippen LogP contribution in [0.5, 0.6) is 0 Å². The molecule has 1 rings (SSSR count). The van der Waals surface area contributed by atoms with Crippen molar-refractivity contribution in [2.45, 2.75) is 18.9 Å². The molecule has 8 heteroatoms. The van der Waals surface area contributed by atoms with Crippen molar-refractivity contribution in [2.24, 2.45) is 0 Å². The van der Waals surface area contributed by atoms with Crippen LogP contribution in [-0.2, 0) is 14.3 Å². The van der Waals surface area contributed by atoms with Crippen molar-refractivity contribution in [2.75, 3.05) is 12.8 Å². The van der Waals surface area contributed by atoms with Gasteiger partial charge in [0.25, 0.3) is 5.91 Å². The second kappa shape index (κ2) is 7.07. The topological polar surface area (TPSA) is 132 Å². The van der Waals surface area contributed by atoms with Crippen LogP contribution in [0, 0.1) is 0 Å². The number of aliphatic carboxylic acids is 1. The third-order valence-electron chi connectivity index (χ3n) is 2.49. The molecule has 0 unspecified atom stereocenters. The van der Waals surface area contributed by atoms with Crippen molar-refractivity contribution >= 4 is 23.5 Å². The highest BCUT2D eigenvalue weighted by atomic mass is 16.5. The van der Waals surface area contributed by atoms with Gasteiger partial charge in [-0.25, -0.2) is 9.78 Å². The molecular weight excluding hydrogens is 266 g/mol. The summed E-state index contributed by atoms with van der Waals surface area (Å²) in [6.07, 6.45) is 1.12. The summed E-state index contributed by atoms with van der Waals surface area (Å²) in [6, 6.07) is 1.66. The van der Waals surface area contributed by atoms with Crippen LogP contribution in [-0.4, -0.2) is 41.1 Å². The molecular formula is C12H15N3O5. The third kappa shape index (κ3) is 4.56. The number of nitrogen functional groups attached to an aromatic ring is 1. The van der Waals surface area contributed by atoms with Gasteiger partial charge in [0.2, 0.25) is 0 Å². The number of methoxy groups -OCH3 is 1. The summed E-state index contributed by atoms with van der Waals surface area (Å²) < 4.78 is 4.41. The van der Waals surface area contributed by atoms with Gasteiger partial charge in [-0.2, -0.15) is 0 Å². The van der Waals surface area contributed by atoms with Crippen molar-refractivity contribution in [3.63, 3.8) is 0 Å². The van der Waals surface area contributed by atoms with E-state index in [2.05, 4.69) is 15.0 Å². The fourth-order valence-corrected chi connectivity index (χ4v) is 1.39. The van der Waals surface area contributed by atoms with Crippen LogP contribution in [0.2, 0.25) is 0 Å². The van der Waals surface area contributed by atoms with Crippen LogP contribution in [0.4, 0.5) is 5.69 Å². The van der Waals surface area contributed by atoms with Gasteiger partial charge in [0.05, 0.1) is 19.0 Å². The average Bonchev–Trinajstić information content (AvgIpc) is 2.43. The van der Waals surface area contributed by atoms with Crippen molar-refractivity contribution in [1.29, 1.82) is 0 Å². The Balaban J connectivity index is 2.65. The largest absolute Gasteiger partial charge is 0.480 e. The molecule has 0 aliphatic carbocycles. The normalized spacial score (nSPS) is 11.4. The van der Waals surface area contributed by atoms with Crippen molar-refractivity contribution in [3.05, 3.63) is 24.0 Å².